The predicted octanol–water partition coefficient (Wildman–Crippen LogP) is 3.39. The third-order valence-corrected chi connectivity index (χ3v) is 4.22. The Morgan fingerprint density at radius 3 is 2.68 bits per heavy atom. The molecule has 1 aliphatic rings. The lowest BCUT2D eigenvalue weighted by Gasteiger charge is -2.42. The lowest BCUT2D eigenvalue weighted by atomic mass is 9.89. The lowest BCUT2D eigenvalue weighted by Crippen LogP contribution is -2.56. The van der Waals surface area contributed by atoms with Crippen molar-refractivity contribution in [2.45, 2.75) is 45.1 Å². The topological polar surface area (TPSA) is 15.3 Å². The molecule has 106 valence electrons. The van der Waals surface area contributed by atoms with Gasteiger partial charge in [-0.3, -0.25) is 4.90 Å². The summed E-state index contributed by atoms with van der Waals surface area (Å²) in [5, 5.41) is 3.70. The van der Waals surface area contributed by atoms with Gasteiger partial charge in [0.2, 0.25) is 0 Å². The van der Waals surface area contributed by atoms with E-state index in [9.17, 15) is 0 Å². The van der Waals surface area contributed by atoms with Crippen LogP contribution in [0.1, 0.15) is 45.1 Å². The average Bonchev–Trinajstić information content (AvgIpc) is 2.45. The van der Waals surface area contributed by atoms with Gasteiger partial charge in [-0.1, -0.05) is 56.5 Å². The number of hydrogen-bond acceptors (Lipinski definition) is 2. The third kappa shape index (κ3) is 4.05. The Balaban J connectivity index is 1.89. The second kappa shape index (κ2) is 7.06. The van der Waals surface area contributed by atoms with Crippen LogP contribution in [-0.4, -0.2) is 31.1 Å². The van der Waals surface area contributed by atoms with Crippen molar-refractivity contribution in [2.24, 2.45) is 0 Å². The molecule has 0 spiro atoms. The van der Waals surface area contributed by atoms with E-state index in [1.54, 1.807) is 0 Å². The zero-order chi connectivity index (χ0) is 13.6. The van der Waals surface area contributed by atoms with Crippen LogP contribution in [0, 0.1) is 0 Å². The summed E-state index contributed by atoms with van der Waals surface area (Å²) in [5.74, 6) is 0. The summed E-state index contributed by atoms with van der Waals surface area (Å²) in [4.78, 5) is 2.62. The number of rotatable bonds is 6. The Morgan fingerprint density at radius 2 is 1.95 bits per heavy atom. The third-order valence-electron chi connectivity index (χ3n) is 4.22. The van der Waals surface area contributed by atoms with E-state index in [-0.39, 0.29) is 5.54 Å². The van der Waals surface area contributed by atoms with E-state index in [1.807, 2.05) is 0 Å². The van der Waals surface area contributed by atoms with E-state index in [0.717, 1.165) is 13.1 Å². The van der Waals surface area contributed by atoms with Crippen LogP contribution >= 0.6 is 0 Å². The van der Waals surface area contributed by atoms with Crippen LogP contribution in [-0.2, 0) is 5.54 Å². The molecule has 2 nitrogen and oxygen atoms in total. The van der Waals surface area contributed by atoms with Crippen LogP contribution < -0.4 is 5.32 Å². The average molecular weight is 260 g/mol. The molecule has 1 saturated heterocycles. The second-order valence-electron chi connectivity index (χ2n) is 5.96. The number of benzene rings is 1. The quantitative estimate of drug-likeness (QED) is 0.789. The summed E-state index contributed by atoms with van der Waals surface area (Å²) in [5.41, 5.74) is 1.53. The standard InChI is InChI=1S/C17H28N2/c1-3-4-5-9-13-19-14-12-18-17(2,15-19)16-10-7-6-8-11-16/h6-8,10-11,18H,3-5,9,12-15H2,1-2H3. The fourth-order valence-corrected chi connectivity index (χ4v) is 3.02. The van der Waals surface area contributed by atoms with Gasteiger partial charge in [0.25, 0.3) is 0 Å². The summed E-state index contributed by atoms with van der Waals surface area (Å²) in [6, 6.07) is 10.9. The van der Waals surface area contributed by atoms with Crippen LogP contribution in [0.5, 0.6) is 0 Å². The first-order valence-electron chi connectivity index (χ1n) is 7.77. The molecule has 2 rings (SSSR count). The maximum Gasteiger partial charge on any atom is 0.0535 e. The normalized spacial score (nSPS) is 24.5. The van der Waals surface area contributed by atoms with Crippen LogP contribution in [0.2, 0.25) is 0 Å². The van der Waals surface area contributed by atoms with Crippen molar-refractivity contribution in [3.05, 3.63) is 35.9 Å². The predicted molar refractivity (Wildman–Crippen MR) is 82.4 cm³/mol. The molecule has 1 fully saturated rings. The number of nitrogens with one attached hydrogen (secondary N) is 1. The minimum atomic E-state index is 0.115. The highest BCUT2D eigenvalue weighted by molar-refractivity contribution is 5.24. The maximum atomic E-state index is 3.70. The van der Waals surface area contributed by atoms with Crippen LogP contribution in [0.4, 0.5) is 0 Å². The van der Waals surface area contributed by atoms with Crippen molar-refractivity contribution in [1.29, 1.82) is 0 Å². The van der Waals surface area contributed by atoms with Crippen molar-refractivity contribution >= 4 is 0 Å². The Morgan fingerprint density at radius 1 is 1.16 bits per heavy atom. The molecule has 0 amide bonds. The van der Waals surface area contributed by atoms with Gasteiger partial charge in [-0.05, 0) is 25.5 Å². The Labute approximate surface area is 118 Å². The van der Waals surface area contributed by atoms with Crippen molar-refractivity contribution in [3.63, 3.8) is 0 Å². The van der Waals surface area contributed by atoms with Gasteiger partial charge in [-0.25, -0.2) is 0 Å². The second-order valence-corrected chi connectivity index (χ2v) is 5.96. The van der Waals surface area contributed by atoms with E-state index < -0.39 is 0 Å². The van der Waals surface area contributed by atoms with Gasteiger partial charge >= 0.3 is 0 Å². The van der Waals surface area contributed by atoms with Crippen molar-refractivity contribution in [3.8, 4) is 0 Å². The number of nitrogens with zero attached hydrogens (tertiary/aromatic N) is 1. The summed E-state index contributed by atoms with van der Waals surface area (Å²) >= 11 is 0. The van der Waals surface area contributed by atoms with Crippen LogP contribution in [0.15, 0.2) is 30.3 Å². The zero-order valence-electron chi connectivity index (χ0n) is 12.5. The first kappa shape index (κ1) is 14.5. The van der Waals surface area contributed by atoms with Crippen molar-refractivity contribution < 1.29 is 0 Å². The summed E-state index contributed by atoms with van der Waals surface area (Å²) in [6.07, 6.45) is 5.42. The summed E-state index contributed by atoms with van der Waals surface area (Å²) in [6.45, 7) is 9.28. The molecule has 1 unspecified atom stereocenters. The highest BCUT2D eigenvalue weighted by Crippen LogP contribution is 2.24. The molecule has 0 aliphatic carbocycles. The molecule has 1 atom stereocenters. The first-order valence-corrected chi connectivity index (χ1v) is 7.77. The van der Waals surface area contributed by atoms with Gasteiger partial charge in [-0.15, -0.1) is 0 Å². The number of unbranched alkanes of at least 4 members (excludes halogenated alkanes) is 3. The van der Waals surface area contributed by atoms with Gasteiger partial charge in [0.15, 0.2) is 0 Å². The Hall–Kier alpha value is -0.860. The molecular formula is C17H28N2. The van der Waals surface area contributed by atoms with Gasteiger partial charge < -0.3 is 5.32 Å². The highest BCUT2D eigenvalue weighted by Gasteiger charge is 2.31. The zero-order valence-corrected chi connectivity index (χ0v) is 12.5. The van der Waals surface area contributed by atoms with Gasteiger partial charge in [0.05, 0.1) is 5.54 Å². The van der Waals surface area contributed by atoms with Gasteiger partial charge in [0.1, 0.15) is 0 Å². The van der Waals surface area contributed by atoms with Crippen LogP contribution in [0.3, 0.4) is 0 Å². The van der Waals surface area contributed by atoms with E-state index in [2.05, 4.69) is 54.4 Å². The smallest absolute Gasteiger partial charge is 0.0535 e. The molecule has 1 heterocycles. The SMILES string of the molecule is CCCCCCN1CCNC(C)(c2ccccc2)C1. The minimum absolute atomic E-state index is 0.115. The monoisotopic (exact) mass is 260 g/mol. The fraction of sp³-hybridized carbons (Fsp3) is 0.647. The highest BCUT2D eigenvalue weighted by atomic mass is 15.2. The molecule has 1 N–H and O–H groups in total. The molecule has 0 saturated carbocycles. The molecule has 1 aromatic rings. The van der Waals surface area contributed by atoms with E-state index >= 15 is 0 Å². The van der Waals surface area contributed by atoms with Gasteiger partial charge in [-0.2, -0.15) is 0 Å². The molecule has 0 bridgehead atoms. The summed E-state index contributed by atoms with van der Waals surface area (Å²) < 4.78 is 0. The molecule has 1 aromatic carbocycles. The lowest BCUT2D eigenvalue weighted by molar-refractivity contribution is 0.140. The van der Waals surface area contributed by atoms with Crippen molar-refractivity contribution in [1.82, 2.24) is 10.2 Å². The molecule has 1 aliphatic heterocycles. The van der Waals surface area contributed by atoms with Crippen molar-refractivity contribution in [2.75, 3.05) is 26.2 Å². The molecule has 0 radical (unpaired) electrons. The molecular weight excluding hydrogens is 232 g/mol. The van der Waals surface area contributed by atoms with Crippen LogP contribution in [0.25, 0.3) is 0 Å². The Kier molecular flexibility index (Phi) is 5.41. The van der Waals surface area contributed by atoms with E-state index in [4.69, 9.17) is 0 Å². The number of hydrogen-bond donors (Lipinski definition) is 1. The largest absolute Gasteiger partial charge is 0.305 e. The Bertz CT molecular complexity index is 363. The summed E-state index contributed by atoms with van der Waals surface area (Å²) in [7, 11) is 0. The van der Waals surface area contributed by atoms with E-state index in [0.29, 0.717) is 0 Å². The molecule has 19 heavy (non-hydrogen) atoms. The fourth-order valence-electron chi connectivity index (χ4n) is 3.02. The van der Waals surface area contributed by atoms with Gasteiger partial charge in [0, 0.05) is 19.6 Å². The maximum absolute atomic E-state index is 3.70. The first-order chi connectivity index (χ1) is 9.24. The minimum Gasteiger partial charge on any atom is -0.305 e. The number of piperazine rings is 1. The van der Waals surface area contributed by atoms with E-state index in [1.165, 1.54) is 44.3 Å². The molecule has 0 aromatic heterocycles. The molecule has 2 heteroatoms.